The zero-order valence-electron chi connectivity index (χ0n) is 10.7. The van der Waals surface area contributed by atoms with Gasteiger partial charge in [-0.2, -0.15) is 0 Å². The van der Waals surface area contributed by atoms with Crippen molar-refractivity contribution in [3.63, 3.8) is 0 Å². The molecule has 0 radical (unpaired) electrons. The monoisotopic (exact) mass is 277 g/mol. The lowest BCUT2D eigenvalue weighted by Gasteiger charge is -2.07. The van der Waals surface area contributed by atoms with E-state index in [9.17, 15) is 5.11 Å². The molecule has 2 aromatic rings. The normalized spacial score (nSPS) is 10.4. The van der Waals surface area contributed by atoms with Crippen LogP contribution >= 0.6 is 11.6 Å². The second kappa shape index (κ2) is 6.45. The van der Waals surface area contributed by atoms with E-state index in [1.54, 1.807) is 19.2 Å². The second-order valence-corrected chi connectivity index (χ2v) is 4.65. The van der Waals surface area contributed by atoms with Crippen LogP contribution in [-0.4, -0.2) is 12.2 Å². The third kappa shape index (κ3) is 3.88. The average molecular weight is 278 g/mol. The Morgan fingerprint density at radius 2 is 1.84 bits per heavy atom. The minimum absolute atomic E-state index is 0.109. The summed E-state index contributed by atoms with van der Waals surface area (Å²) in [5.74, 6) is 0.963. The van der Waals surface area contributed by atoms with E-state index in [1.807, 2.05) is 30.3 Å². The number of nitrogens with one attached hydrogen (secondary N) is 1. The highest BCUT2D eigenvalue weighted by Gasteiger charge is 2.00. The van der Waals surface area contributed by atoms with Crippen molar-refractivity contribution in [2.75, 3.05) is 7.11 Å². The molecule has 0 aromatic heterocycles. The van der Waals surface area contributed by atoms with Gasteiger partial charge in [-0.05, 0) is 35.4 Å². The van der Waals surface area contributed by atoms with Crippen LogP contribution in [0, 0.1) is 0 Å². The summed E-state index contributed by atoms with van der Waals surface area (Å²) in [5, 5.41) is 13.0. The first-order chi connectivity index (χ1) is 9.19. The summed E-state index contributed by atoms with van der Waals surface area (Å²) < 4.78 is 5.18. The molecule has 4 heteroatoms. The van der Waals surface area contributed by atoms with Crippen molar-refractivity contribution in [3.8, 4) is 11.5 Å². The molecule has 2 N–H and O–H groups in total. The zero-order valence-corrected chi connectivity index (χ0v) is 11.4. The van der Waals surface area contributed by atoms with E-state index in [0.717, 1.165) is 23.4 Å². The Kier molecular flexibility index (Phi) is 4.66. The van der Waals surface area contributed by atoms with Crippen LogP contribution in [0.25, 0.3) is 0 Å². The topological polar surface area (TPSA) is 41.5 Å². The molecule has 0 aliphatic rings. The van der Waals surface area contributed by atoms with Gasteiger partial charge in [0.15, 0.2) is 0 Å². The van der Waals surface area contributed by atoms with Crippen molar-refractivity contribution in [2.24, 2.45) is 0 Å². The first-order valence-electron chi connectivity index (χ1n) is 6.00. The Labute approximate surface area is 117 Å². The van der Waals surface area contributed by atoms with Crippen LogP contribution in [0.2, 0.25) is 5.02 Å². The van der Waals surface area contributed by atoms with E-state index >= 15 is 0 Å². The fourth-order valence-electron chi connectivity index (χ4n) is 1.79. The highest BCUT2D eigenvalue weighted by atomic mass is 35.5. The molecule has 19 heavy (non-hydrogen) atoms. The van der Waals surface area contributed by atoms with Gasteiger partial charge in [-0.1, -0.05) is 29.8 Å². The number of hydrogen-bond donors (Lipinski definition) is 2. The Hall–Kier alpha value is -1.71. The zero-order chi connectivity index (χ0) is 13.7. The van der Waals surface area contributed by atoms with Crippen molar-refractivity contribution >= 4 is 11.6 Å². The molecule has 0 bridgehead atoms. The molecule has 100 valence electrons. The Morgan fingerprint density at radius 1 is 1.11 bits per heavy atom. The molecule has 2 aromatic carbocycles. The molecular weight excluding hydrogens is 262 g/mol. The van der Waals surface area contributed by atoms with Crippen molar-refractivity contribution < 1.29 is 9.84 Å². The van der Waals surface area contributed by atoms with Gasteiger partial charge in [0, 0.05) is 13.1 Å². The Morgan fingerprint density at radius 3 is 2.53 bits per heavy atom. The summed E-state index contributed by atoms with van der Waals surface area (Å²) in [6, 6.07) is 13.1. The molecule has 0 aliphatic heterocycles. The summed E-state index contributed by atoms with van der Waals surface area (Å²) in [5.41, 5.74) is 2.19. The van der Waals surface area contributed by atoms with Crippen LogP contribution in [-0.2, 0) is 13.1 Å². The SMILES string of the molecule is COc1cccc(CNCc2ccc(O)c(Cl)c2)c1. The average Bonchev–Trinajstić information content (AvgIpc) is 2.43. The van der Waals surface area contributed by atoms with Crippen molar-refractivity contribution in [3.05, 3.63) is 58.6 Å². The first-order valence-corrected chi connectivity index (χ1v) is 6.38. The lowest BCUT2D eigenvalue weighted by atomic mass is 10.2. The number of aromatic hydroxyl groups is 1. The van der Waals surface area contributed by atoms with Crippen LogP contribution in [0.4, 0.5) is 0 Å². The Bertz CT molecular complexity index is 558. The fraction of sp³-hybridized carbons (Fsp3) is 0.200. The largest absolute Gasteiger partial charge is 0.506 e. The van der Waals surface area contributed by atoms with Crippen molar-refractivity contribution in [1.82, 2.24) is 5.32 Å². The standard InChI is InChI=1S/C15H16ClNO2/c1-19-13-4-2-3-11(7-13)9-17-10-12-5-6-15(18)14(16)8-12/h2-8,17-18H,9-10H2,1H3. The Balaban J connectivity index is 1.90. The molecule has 0 saturated heterocycles. The summed E-state index contributed by atoms with van der Waals surface area (Å²) in [7, 11) is 1.66. The molecule has 0 spiro atoms. The minimum Gasteiger partial charge on any atom is -0.506 e. The van der Waals surface area contributed by atoms with E-state index in [-0.39, 0.29) is 5.75 Å². The highest BCUT2D eigenvalue weighted by Crippen LogP contribution is 2.23. The molecule has 3 nitrogen and oxygen atoms in total. The highest BCUT2D eigenvalue weighted by molar-refractivity contribution is 6.32. The lowest BCUT2D eigenvalue weighted by molar-refractivity contribution is 0.414. The van der Waals surface area contributed by atoms with E-state index in [1.165, 1.54) is 0 Å². The number of methoxy groups -OCH3 is 1. The fourth-order valence-corrected chi connectivity index (χ4v) is 2.00. The van der Waals surface area contributed by atoms with E-state index in [0.29, 0.717) is 11.6 Å². The van der Waals surface area contributed by atoms with Gasteiger partial charge in [0.2, 0.25) is 0 Å². The van der Waals surface area contributed by atoms with Crippen LogP contribution in [0.3, 0.4) is 0 Å². The maximum atomic E-state index is 9.34. The predicted octanol–water partition coefficient (Wildman–Crippen LogP) is 3.34. The second-order valence-electron chi connectivity index (χ2n) is 4.24. The van der Waals surface area contributed by atoms with Gasteiger partial charge in [0.25, 0.3) is 0 Å². The van der Waals surface area contributed by atoms with Gasteiger partial charge in [-0.3, -0.25) is 0 Å². The lowest BCUT2D eigenvalue weighted by Crippen LogP contribution is -2.12. The number of hydrogen-bond acceptors (Lipinski definition) is 3. The van der Waals surface area contributed by atoms with Gasteiger partial charge in [0.1, 0.15) is 11.5 Å². The number of phenols is 1. The van der Waals surface area contributed by atoms with Crippen LogP contribution < -0.4 is 10.1 Å². The molecule has 0 unspecified atom stereocenters. The third-order valence-corrected chi connectivity index (χ3v) is 3.11. The van der Waals surface area contributed by atoms with Gasteiger partial charge < -0.3 is 15.2 Å². The molecule has 0 aliphatic carbocycles. The van der Waals surface area contributed by atoms with Crippen LogP contribution in [0.1, 0.15) is 11.1 Å². The molecule has 0 saturated carbocycles. The quantitative estimate of drug-likeness (QED) is 0.881. The van der Waals surface area contributed by atoms with Gasteiger partial charge in [0.05, 0.1) is 12.1 Å². The van der Waals surface area contributed by atoms with Gasteiger partial charge >= 0.3 is 0 Å². The summed E-state index contributed by atoms with van der Waals surface area (Å²) >= 11 is 5.86. The van der Waals surface area contributed by atoms with E-state index in [4.69, 9.17) is 16.3 Å². The van der Waals surface area contributed by atoms with Gasteiger partial charge in [-0.15, -0.1) is 0 Å². The maximum absolute atomic E-state index is 9.34. The molecule has 0 heterocycles. The minimum atomic E-state index is 0.109. The summed E-state index contributed by atoms with van der Waals surface area (Å²) in [4.78, 5) is 0. The number of phenolic OH excluding ortho intramolecular Hbond substituents is 1. The number of halogens is 1. The maximum Gasteiger partial charge on any atom is 0.134 e. The third-order valence-electron chi connectivity index (χ3n) is 2.80. The number of rotatable bonds is 5. The molecule has 0 fully saturated rings. The number of benzene rings is 2. The molecular formula is C15H16ClNO2. The van der Waals surface area contributed by atoms with E-state index in [2.05, 4.69) is 5.32 Å². The first kappa shape index (κ1) is 13.7. The summed E-state index contributed by atoms with van der Waals surface area (Å²) in [6.07, 6.45) is 0. The van der Waals surface area contributed by atoms with E-state index < -0.39 is 0 Å². The molecule has 0 atom stereocenters. The summed E-state index contributed by atoms with van der Waals surface area (Å²) in [6.45, 7) is 1.44. The van der Waals surface area contributed by atoms with Crippen LogP contribution in [0.5, 0.6) is 11.5 Å². The van der Waals surface area contributed by atoms with Crippen molar-refractivity contribution in [1.29, 1.82) is 0 Å². The molecule has 0 amide bonds. The van der Waals surface area contributed by atoms with Crippen LogP contribution in [0.15, 0.2) is 42.5 Å². The van der Waals surface area contributed by atoms with Gasteiger partial charge in [-0.25, -0.2) is 0 Å². The smallest absolute Gasteiger partial charge is 0.134 e. The van der Waals surface area contributed by atoms with Crippen molar-refractivity contribution in [2.45, 2.75) is 13.1 Å². The predicted molar refractivity (Wildman–Crippen MR) is 76.7 cm³/mol. The number of ether oxygens (including phenoxy) is 1. The molecule has 2 rings (SSSR count).